The fourth-order valence-corrected chi connectivity index (χ4v) is 1.41. The Morgan fingerprint density at radius 2 is 2.17 bits per heavy atom. The Balaban J connectivity index is 2.08. The molecule has 5 nitrogen and oxygen atoms in total. The SMILES string of the molecule is O=C(O)c1ccc(COc2cccnc2)c(O)c1. The number of nitrogens with zero attached hydrogens (tertiary/aromatic N) is 1. The third kappa shape index (κ3) is 2.76. The number of aromatic nitrogens is 1. The lowest BCUT2D eigenvalue weighted by molar-refractivity contribution is 0.0696. The lowest BCUT2D eigenvalue weighted by Crippen LogP contribution is -1.99. The van der Waals surface area contributed by atoms with Gasteiger partial charge in [-0.1, -0.05) is 6.07 Å². The quantitative estimate of drug-likeness (QED) is 0.861. The van der Waals surface area contributed by atoms with Crippen molar-refractivity contribution < 1.29 is 19.7 Å². The van der Waals surface area contributed by atoms with Crippen LogP contribution in [0.2, 0.25) is 0 Å². The van der Waals surface area contributed by atoms with Crippen LogP contribution in [0.25, 0.3) is 0 Å². The van der Waals surface area contributed by atoms with E-state index in [4.69, 9.17) is 9.84 Å². The Morgan fingerprint density at radius 1 is 1.33 bits per heavy atom. The van der Waals surface area contributed by atoms with Crippen LogP contribution in [0, 0.1) is 0 Å². The number of carboxylic acid groups (broad SMARTS) is 1. The number of benzene rings is 1. The molecule has 0 aliphatic heterocycles. The Hall–Kier alpha value is -2.56. The number of aromatic carboxylic acids is 1. The van der Waals surface area contributed by atoms with Crippen LogP contribution in [0.4, 0.5) is 0 Å². The molecule has 0 amide bonds. The second-order valence-electron chi connectivity index (χ2n) is 3.63. The van der Waals surface area contributed by atoms with E-state index in [1.54, 1.807) is 24.5 Å². The molecule has 2 aromatic rings. The van der Waals surface area contributed by atoms with E-state index in [2.05, 4.69) is 4.98 Å². The number of aromatic hydroxyl groups is 1. The van der Waals surface area contributed by atoms with Gasteiger partial charge in [-0.25, -0.2) is 4.79 Å². The number of hydrogen-bond acceptors (Lipinski definition) is 4. The smallest absolute Gasteiger partial charge is 0.335 e. The summed E-state index contributed by atoms with van der Waals surface area (Å²) < 4.78 is 5.40. The predicted molar refractivity (Wildman–Crippen MR) is 63.6 cm³/mol. The monoisotopic (exact) mass is 245 g/mol. The van der Waals surface area contributed by atoms with Gasteiger partial charge in [0.25, 0.3) is 0 Å². The fraction of sp³-hybridized carbons (Fsp3) is 0.0769. The van der Waals surface area contributed by atoms with E-state index < -0.39 is 5.97 Å². The van der Waals surface area contributed by atoms with Gasteiger partial charge < -0.3 is 14.9 Å². The van der Waals surface area contributed by atoms with Gasteiger partial charge in [0.15, 0.2) is 0 Å². The zero-order chi connectivity index (χ0) is 13.0. The van der Waals surface area contributed by atoms with Crippen molar-refractivity contribution in [1.29, 1.82) is 0 Å². The van der Waals surface area contributed by atoms with Crippen LogP contribution < -0.4 is 4.74 Å². The van der Waals surface area contributed by atoms with E-state index in [-0.39, 0.29) is 17.9 Å². The molecular formula is C13H11NO4. The number of carbonyl (C=O) groups is 1. The predicted octanol–water partition coefficient (Wildman–Crippen LogP) is 2.06. The van der Waals surface area contributed by atoms with Crippen molar-refractivity contribution in [3.8, 4) is 11.5 Å². The molecule has 2 N–H and O–H groups in total. The number of hydrogen-bond donors (Lipinski definition) is 2. The number of ether oxygens (including phenoxy) is 1. The van der Waals surface area contributed by atoms with Crippen molar-refractivity contribution in [3.05, 3.63) is 53.9 Å². The lowest BCUT2D eigenvalue weighted by atomic mass is 10.1. The van der Waals surface area contributed by atoms with Crippen molar-refractivity contribution in [1.82, 2.24) is 4.98 Å². The van der Waals surface area contributed by atoms with Gasteiger partial charge in [0.1, 0.15) is 18.1 Å². The van der Waals surface area contributed by atoms with Gasteiger partial charge in [0.05, 0.1) is 11.8 Å². The van der Waals surface area contributed by atoms with Crippen molar-refractivity contribution in [2.45, 2.75) is 6.61 Å². The zero-order valence-corrected chi connectivity index (χ0v) is 9.41. The molecule has 5 heteroatoms. The Kier molecular flexibility index (Phi) is 3.43. The number of rotatable bonds is 4. The number of phenols is 1. The molecular weight excluding hydrogens is 234 g/mol. The first-order chi connectivity index (χ1) is 8.66. The number of phenolic OH excluding ortho intramolecular Hbond substituents is 1. The minimum Gasteiger partial charge on any atom is -0.508 e. The summed E-state index contributed by atoms with van der Waals surface area (Å²) in [6.45, 7) is 0.150. The largest absolute Gasteiger partial charge is 0.508 e. The fourth-order valence-electron chi connectivity index (χ4n) is 1.41. The molecule has 2 rings (SSSR count). The molecule has 1 aromatic heterocycles. The van der Waals surface area contributed by atoms with Crippen molar-refractivity contribution >= 4 is 5.97 Å². The molecule has 18 heavy (non-hydrogen) atoms. The summed E-state index contributed by atoms with van der Waals surface area (Å²) >= 11 is 0. The summed E-state index contributed by atoms with van der Waals surface area (Å²) in [6.07, 6.45) is 3.19. The normalized spacial score (nSPS) is 10.0. The van der Waals surface area contributed by atoms with Crippen LogP contribution >= 0.6 is 0 Å². The second kappa shape index (κ2) is 5.18. The molecule has 0 saturated heterocycles. The van der Waals surface area contributed by atoms with Gasteiger partial charge in [-0.05, 0) is 24.3 Å². The van der Waals surface area contributed by atoms with Gasteiger partial charge in [-0.3, -0.25) is 4.98 Å². The molecule has 0 unspecified atom stereocenters. The Bertz CT molecular complexity index is 554. The second-order valence-corrected chi connectivity index (χ2v) is 3.63. The molecule has 1 heterocycles. The topological polar surface area (TPSA) is 79.7 Å². The molecule has 0 spiro atoms. The molecule has 0 fully saturated rings. The number of carboxylic acids is 1. The van der Waals surface area contributed by atoms with Crippen molar-refractivity contribution in [3.63, 3.8) is 0 Å². The first-order valence-electron chi connectivity index (χ1n) is 5.25. The van der Waals surface area contributed by atoms with E-state index in [1.165, 1.54) is 18.2 Å². The van der Waals surface area contributed by atoms with Crippen LogP contribution in [0.5, 0.6) is 11.5 Å². The summed E-state index contributed by atoms with van der Waals surface area (Å²) in [4.78, 5) is 14.6. The standard InChI is InChI=1S/C13H11NO4/c15-12-6-9(13(16)17)3-4-10(12)8-18-11-2-1-5-14-7-11/h1-7,15H,8H2,(H,16,17). The van der Waals surface area contributed by atoms with Crippen LogP contribution in [-0.4, -0.2) is 21.2 Å². The van der Waals surface area contributed by atoms with E-state index in [9.17, 15) is 9.90 Å². The maximum Gasteiger partial charge on any atom is 0.335 e. The van der Waals surface area contributed by atoms with Gasteiger partial charge in [-0.15, -0.1) is 0 Å². The van der Waals surface area contributed by atoms with Gasteiger partial charge in [-0.2, -0.15) is 0 Å². The van der Waals surface area contributed by atoms with E-state index in [0.29, 0.717) is 11.3 Å². The van der Waals surface area contributed by atoms with Crippen LogP contribution in [0.1, 0.15) is 15.9 Å². The maximum atomic E-state index is 10.7. The molecule has 0 atom stereocenters. The summed E-state index contributed by atoms with van der Waals surface area (Å²) in [5.41, 5.74) is 0.557. The molecule has 1 aromatic carbocycles. The van der Waals surface area contributed by atoms with E-state index >= 15 is 0 Å². The summed E-state index contributed by atoms with van der Waals surface area (Å²) in [5.74, 6) is -0.594. The first kappa shape index (κ1) is 11.9. The van der Waals surface area contributed by atoms with Gasteiger partial charge in [0, 0.05) is 11.8 Å². The lowest BCUT2D eigenvalue weighted by Gasteiger charge is -2.07. The first-order valence-corrected chi connectivity index (χ1v) is 5.25. The van der Waals surface area contributed by atoms with Crippen LogP contribution in [0.15, 0.2) is 42.7 Å². The minimum atomic E-state index is -1.08. The zero-order valence-electron chi connectivity index (χ0n) is 9.41. The molecule has 92 valence electrons. The molecule has 0 saturated carbocycles. The molecule has 0 aliphatic carbocycles. The Labute approximate surface area is 103 Å². The highest BCUT2D eigenvalue weighted by Crippen LogP contribution is 2.20. The van der Waals surface area contributed by atoms with Gasteiger partial charge in [0.2, 0.25) is 0 Å². The average Bonchev–Trinajstić information content (AvgIpc) is 2.38. The highest BCUT2D eigenvalue weighted by Gasteiger charge is 2.08. The van der Waals surface area contributed by atoms with Gasteiger partial charge >= 0.3 is 5.97 Å². The molecule has 0 radical (unpaired) electrons. The van der Waals surface area contributed by atoms with E-state index in [0.717, 1.165) is 0 Å². The molecule has 0 aliphatic rings. The highest BCUT2D eigenvalue weighted by atomic mass is 16.5. The van der Waals surface area contributed by atoms with Crippen LogP contribution in [-0.2, 0) is 6.61 Å². The third-order valence-electron chi connectivity index (χ3n) is 2.36. The number of pyridine rings is 1. The summed E-state index contributed by atoms with van der Waals surface area (Å²) in [5, 5.41) is 18.4. The Morgan fingerprint density at radius 3 is 2.78 bits per heavy atom. The summed E-state index contributed by atoms with van der Waals surface area (Å²) in [6, 6.07) is 7.63. The maximum absolute atomic E-state index is 10.7. The minimum absolute atomic E-state index is 0.0395. The third-order valence-corrected chi connectivity index (χ3v) is 2.36. The van der Waals surface area contributed by atoms with Crippen molar-refractivity contribution in [2.75, 3.05) is 0 Å². The molecule has 0 bridgehead atoms. The average molecular weight is 245 g/mol. The summed E-state index contributed by atoms with van der Waals surface area (Å²) in [7, 11) is 0. The van der Waals surface area contributed by atoms with Crippen molar-refractivity contribution in [2.24, 2.45) is 0 Å². The van der Waals surface area contributed by atoms with E-state index in [1.807, 2.05) is 0 Å². The highest BCUT2D eigenvalue weighted by molar-refractivity contribution is 5.88. The van der Waals surface area contributed by atoms with Crippen LogP contribution in [0.3, 0.4) is 0 Å².